The predicted octanol–water partition coefficient (Wildman–Crippen LogP) is 3.62. The largest absolute Gasteiger partial charge is 0.489 e. The number of halogens is 2. The average Bonchev–Trinajstić information content (AvgIpc) is 2.59. The molecule has 2 aromatic rings. The third-order valence-electron chi connectivity index (χ3n) is 3.46. The lowest BCUT2D eigenvalue weighted by molar-refractivity contribution is 0.224. The molecule has 0 saturated carbocycles. The molecule has 0 bridgehead atoms. The number of ether oxygens (including phenoxy) is 1. The summed E-state index contributed by atoms with van der Waals surface area (Å²) in [4.78, 5) is 4.18. The first kappa shape index (κ1) is 21.2. The lowest BCUT2D eigenvalue weighted by Gasteiger charge is -2.17. The van der Waals surface area contributed by atoms with Gasteiger partial charge < -0.3 is 15.4 Å². The molecule has 0 aliphatic heterocycles. The molecule has 0 fully saturated rings. The number of para-hydroxylation sites is 1. The van der Waals surface area contributed by atoms with Gasteiger partial charge in [-0.1, -0.05) is 30.3 Å². The highest BCUT2D eigenvalue weighted by molar-refractivity contribution is 14.0. The molecule has 2 N–H and O–H groups in total. The van der Waals surface area contributed by atoms with Crippen LogP contribution >= 0.6 is 24.0 Å². The molecule has 6 heteroatoms. The summed E-state index contributed by atoms with van der Waals surface area (Å²) in [6.45, 7) is 3.31. The average molecular weight is 457 g/mol. The number of rotatable bonds is 7. The number of benzene rings is 2. The fraction of sp³-hybridized carbons (Fsp3) is 0.316. The molecule has 0 heterocycles. The van der Waals surface area contributed by atoms with Gasteiger partial charge in [-0.05, 0) is 43.2 Å². The van der Waals surface area contributed by atoms with E-state index < -0.39 is 0 Å². The summed E-state index contributed by atoms with van der Waals surface area (Å²) in [5, 5.41) is 6.44. The maximum Gasteiger partial charge on any atom is 0.191 e. The maximum atomic E-state index is 13.1. The number of guanidine groups is 1. The second-order valence-electron chi connectivity index (χ2n) is 5.50. The minimum Gasteiger partial charge on any atom is -0.489 e. The van der Waals surface area contributed by atoms with Crippen LogP contribution in [0.1, 0.15) is 12.5 Å². The van der Waals surface area contributed by atoms with Crippen molar-refractivity contribution in [2.45, 2.75) is 19.4 Å². The van der Waals surface area contributed by atoms with Crippen molar-refractivity contribution in [3.63, 3.8) is 0 Å². The predicted molar refractivity (Wildman–Crippen MR) is 111 cm³/mol. The smallest absolute Gasteiger partial charge is 0.191 e. The topological polar surface area (TPSA) is 45.7 Å². The summed E-state index contributed by atoms with van der Waals surface area (Å²) in [6, 6.07) is 16.4. The zero-order valence-corrected chi connectivity index (χ0v) is 16.9. The highest BCUT2D eigenvalue weighted by Gasteiger charge is 2.05. The summed E-state index contributed by atoms with van der Waals surface area (Å²) >= 11 is 0. The molecule has 1 unspecified atom stereocenters. The van der Waals surface area contributed by atoms with E-state index in [4.69, 9.17) is 4.74 Å². The molecular weight excluding hydrogens is 432 g/mol. The van der Waals surface area contributed by atoms with Gasteiger partial charge in [0.25, 0.3) is 0 Å². The van der Waals surface area contributed by atoms with Crippen LogP contribution in [-0.4, -0.2) is 32.2 Å². The van der Waals surface area contributed by atoms with Crippen LogP contribution in [0.25, 0.3) is 0 Å². The molecule has 0 aliphatic rings. The number of hydrogen-bond donors (Lipinski definition) is 2. The maximum absolute atomic E-state index is 13.1. The first-order valence-electron chi connectivity index (χ1n) is 8.08. The van der Waals surface area contributed by atoms with Crippen molar-refractivity contribution < 1.29 is 9.13 Å². The molecule has 0 radical (unpaired) electrons. The Labute approximate surface area is 165 Å². The Morgan fingerprint density at radius 2 is 1.88 bits per heavy atom. The Kier molecular flexibility index (Phi) is 9.91. The third kappa shape index (κ3) is 8.20. The summed E-state index contributed by atoms with van der Waals surface area (Å²) in [5.74, 6) is 1.35. The van der Waals surface area contributed by atoms with Crippen molar-refractivity contribution in [1.82, 2.24) is 10.6 Å². The fourth-order valence-corrected chi connectivity index (χ4v) is 2.25. The molecule has 2 aromatic carbocycles. The molecule has 2 rings (SSSR count). The molecule has 0 aliphatic carbocycles. The Bertz CT molecular complexity index is 652. The lowest BCUT2D eigenvalue weighted by Crippen LogP contribution is -2.42. The van der Waals surface area contributed by atoms with Gasteiger partial charge in [0, 0.05) is 13.6 Å². The molecule has 1 atom stereocenters. The van der Waals surface area contributed by atoms with Crippen LogP contribution in [0.5, 0.6) is 5.75 Å². The normalized spacial score (nSPS) is 12.0. The van der Waals surface area contributed by atoms with Crippen LogP contribution in [0.2, 0.25) is 0 Å². The lowest BCUT2D eigenvalue weighted by atomic mass is 10.1. The van der Waals surface area contributed by atoms with E-state index in [1.54, 1.807) is 19.2 Å². The van der Waals surface area contributed by atoms with Crippen LogP contribution in [0.4, 0.5) is 4.39 Å². The van der Waals surface area contributed by atoms with E-state index in [2.05, 4.69) is 15.6 Å². The summed E-state index contributed by atoms with van der Waals surface area (Å²) in [5.41, 5.74) is 0.957. The van der Waals surface area contributed by atoms with Crippen molar-refractivity contribution >= 4 is 29.9 Å². The third-order valence-corrected chi connectivity index (χ3v) is 3.46. The minimum atomic E-state index is -0.207. The van der Waals surface area contributed by atoms with Gasteiger partial charge in [-0.3, -0.25) is 4.99 Å². The summed E-state index contributed by atoms with van der Waals surface area (Å²) < 4.78 is 18.9. The SMILES string of the molecule is CN=C(NCCc1cccc(F)c1)NCC(C)Oc1ccccc1.I. The van der Waals surface area contributed by atoms with Crippen LogP contribution in [0.3, 0.4) is 0 Å². The van der Waals surface area contributed by atoms with Crippen molar-refractivity contribution in [2.24, 2.45) is 4.99 Å². The van der Waals surface area contributed by atoms with E-state index >= 15 is 0 Å². The molecule has 4 nitrogen and oxygen atoms in total. The molecular formula is C19H25FIN3O. The molecule has 0 saturated heterocycles. The second-order valence-corrected chi connectivity index (χ2v) is 5.50. The van der Waals surface area contributed by atoms with Crippen molar-refractivity contribution in [2.75, 3.05) is 20.1 Å². The summed E-state index contributed by atoms with van der Waals surface area (Å²) in [7, 11) is 1.72. The van der Waals surface area contributed by atoms with Crippen LogP contribution in [-0.2, 0) is 6.42 Å². The van der Waals surface area contributed by atoms with E-state index in [9.17, 15) is 4.39 Å². The molecule has 0 aromatic heterocycles. The van der Waals surface area contributed by atoms with Gasteiger partial charge in [0.05, 0.1) is 6.54 Å². The van der Waals surface area contributed by atoms with Gasteiger partial charge in [-0.25, -0.2) is 4.39 Å². The van der Waals surface area contributed by atoms with Gasteiger partial charge in [-0.15, -0.1) is 24.0 Å². The molecule has 136 valence electrons. The van der Waals surface area contributed by atoms with E-state index in [-0.39, 0.29) is 35.9 Å². The van der Waals surface area contributed by atoms with Gasteiger partial charge >= 0.3 is 0 Å². The number of hydrogen-bond acceptors (Lipinski definition) is 2. The first-order valence-corrected chi connectivity index (χ1v) is 8.08. The second kappa shape index (κ2) is 11.7. The van der Waals surface area contributed by atoms with E-state index in [0.29, 0.717) is 19.0 Å². The van der Waals surface area contributed by atoms with Crippen molar-refractivity contribution in [3.05, 3.63) is 66.0 Å². The van der Waals surface area contributed by atoms with Gasteiger partial charge in [-0.2, -0.15) is 0 Å². The standard InChI is InChI=1S/C19H24FN3O.HI/c1-15(24-18-9-4-3-5-10-18)14-23-19(21-2)22-12-11-16-7-6-8-17(20)13-16;/h3-10,13,15H,11-12,14H2,1-2H3,(H2,21,22,23);1H. The van der Waals surface area contributed by atoms with Crippen LogP contribution in [0, 0.1) is 5.82 Å². The Balaban J connectivity index is 0.00000312. The Hall–Kier alpha value is -1.83. The van der Waals surface area contributed by atoms with Crippen LogP contribution in [0.15, 0.2) is 59.6 Å². The number of aliphatic imine (C=N–C) groups is 1. The summed E-state index contributed by atoms with van der Waals surface area (Å²) in [6.07, 6.45) is 0.739. The monoisotopic (exact) mass is 457 g/mol. The molecule has 0 amide bonds. The van der Waals surface area contributed by atoms with Crippen molar-refractivity contribution in [3.8, 4) is 5.75 Å². The Morgan fingerprint density at radius 3 is 2.56 bits per heavy atom. The zero-order chi connectivity index (χ0) is 17.2. The van der Waals surface area contributed by atoms with Gasteiger partial charge in [0.1, 0.15) is 17.7 Å². The highest BCUT2D eigenvalue weighted by Crippen LogP contribution is 2.10. The highest BCUT2D eigenvalue weighted by atomic mass is 127. The van der Waals surface area contributed by atoms with Gasteiger partial charge in [0.2, 0.25) is 0 Å². The van der Waals surface area contributed by atoms with E-state index in [1.165, 1.54) is 6.07 Å². The van der Waals surface area contributed by atoms with Crippen LogP contribution < -0.4 is 15.4 Å². The molecule has 0 spiro atoms. The fourth-order valence-electron chi connectivity index (χ4n) is 2.25. The number of nitrogens with one attached hydrogen (secondary N) is 2. The van der Waals surface area contributed by atoms with Gasteiger partial charge in [0.15, 0.2) is 5.96 Å². The molecule has 25 heavy (non-hydrogen) atoms. The van der Waals surface area contributed by atoms with E-state index in [0.717, 1.165) is 17.7 Å². The quantitative estimate of drug-likeness (QED) is 0.380. The van der Waals surface area contributed by atoms with E-state index in [1.807, 2.05) is 43.3 Å². The van der Waals surface area contributed by atoms with Crippen molar-refractivity contribution in [1.29, 1.82) is 0 Å². The first-order chi connectivity index (χ1) is 11.7. The Morgan fingerprint density at radius 1 is 1.12 bits per heavy atom. The zero-order valence-electron chi connectivity index (χ0n) is 14.5. The number of nitrogens with zero attached hydrogens (tertiary/aromatic N) is 1. The minimum absolute atomic E-state index is 0.